The largest absolute Gasteiger partial charge is 0.392 e. The van der Waals surface area contributed by atoms with E-state index in [9.17, 15) is 4.39 Å². The van der Waals surface area contributed by atoms with Gasteiger partial charge in [-0.3, -0.25) is 0 Å². The second-order valence-corrected chi connectivity index (χ2v) is 3.56. The fourth-order valence-corrected chi connectivity index (χ4v) is 1.59. The molecule has 0 aromatic heterocycles. The second kappa shape index (κ2) is 4.00. The molecule has 0 amide bonds. The number of hydrogen-bond acceptors (Lipinski definition) is 3. The van der Waals surface area contributed by atoms with Gasteiger partial charge in [0.15, 0.2) is 0 Å². The number of hydrazine groups is 1. The van der Waals surface area contributed by atoms with E-state index in [1.165, 1.54) is 6.07 Å². The minimum atomic E-state index is -0.356. The van der Waals surface area contributed by atoms with Gasteiger partial charge in [0.2, 0.25) is 0 Å². The maximum Gasteiger partial charge on any atom is 0.129 e. The normalized spacial score (nSPS) is 15.7. The van der Waals surface area contributed by atoms with Crippen LogP contribution in [-0.4, -0.2) is 23.7 Å². The van der Waals surface area contributed by atoms with Crippen LogP contribution in [0.1, 0.15) is 11.1 Å². The molecule has 3 nitrogen and oxygen atoms in total. The predicted octanol–water partition coefficient (Wildman–Crippen LogP) is 1.11. The monoisotopic (exact) mass is 208 g/mol. The zero-order valence-corrected chi connectivity index (χ0v) is 8.50. The lowest BCUT2D eigenvalue weighted by Crippen LogP contribution is -2.23. The van der Waals surface area contributed by atoms with Crippen LogP contribution in [0.5, 0.6) is 0 Å². The highest BCUT2D eigenvalue weighted by Gasteiger charge is 2.11. The molecule has 1 aliphatic heterocycles. The summed E-state index contributed by atoms with van der Waals surface area (Å²) in [6.45, 7) is 0.442. The summed E-state index contributed by atoms with van der Waals surface area (Å²) in [5.41, 5.74) is 5.31. The summed E-state index contributed by atoms with van der Waals surface area (Å²) in [6, 6.07) is 4.89. The van der Waals surface area contributed by atoms with Crippen molar-refractivity contribution in [3.63, 3.8) is 0 Å². The van der Waals surface area contributed by atoms with Gasteiger partial charge in [-0.2, -0.15) is 0 Å². The Morgan fingerprint density at radius 1 is 1.53 bits per heavy atom. The van der Waals surface area contributed by atoms with Gasteiger partial charge in [-0.25, -0.2) is 9.82 Å². The van der Waals surface area contributed by atoms with E-state index >= 15 is 0 Å². The fraction of sp³-hybridized carbons (Fsp3) is 0.273. The molecule has 15 heavy (non-hydrogen) atoms. The number of hydrogen-bond donors (Lipinski definition) is 2. The fourth-order valence-electron chi connectivity index (χ4n) is 1.59. The third kappa shape index (κ3) is 2.00. The lowest BCUT2D eigenvalue weighted by molar-refractivity contribution is 0.275. The highest BCUT2D eigenvalue weighted by Crippen LogP contribution is 2.20. The standard InChI is InChI=1S/C11H13FN2O/c1-14-6-10(5-13-14)8-2-3-9(7-15)11(12)4-8/h2-4,6,13,15H,5,7H2,1H3. The maximum atomic E-state index is 13.4. The molecule has 0 atom stereocenters. The topological polar surface area (TPSA) is 35.5 Å². The van der Waals surface area contributed by atoms with E-state index in [4.69, 9.17) is 5.11 Å². The van der Waals surface area contributed by atoms with Gasteiger partial charge >= 0.3 is 0 Å². The molecule has 0 saturated heterocycles. The van der Waals surface area contributed by atoms with Crippen molar-refractivity contribution in [3.8, 4) is 0 Å². The van der Waals surface area contributed by atoms with Crippen molar-refractivity contribution in [1.82, 2.24) is 10.4 Å². The van der Waals surface area contributed by atoms with Crippen LogP contribution in [0.4, 0.5) is 4.39 Å². The van der Waals surface area contributed by atoms with Crippen LogP contribution >= 0.6 is 0 Å². The van der Waals surface area contributed by atoms with E-state index in [1.807, 2.05) is 24.3 Å². The molecule has 1 aromatic rings. The zero-order chi connectivity index (χ0) is 10.8. The molecule has 0 bridgehead atoms. The number of halogens is 1. The van der Waals surface area contributed by atoms with Crippen molar-refractivity contribution in [2.75, 3.05) is 13.6 Å². The lowest BCUT2D eigenvalue weighted by atomic mass is 10.1. The minimum absolute atomic E-state index is 0.261. The van der Waals surface area contributed by atoms with Crippen LogP contribution in [0.2, 0.25) is 0 Å². The molecule has 4 heteroatoms. The molecule has 1 aliphatic rings. The van der Waals surface area contributed by atoms with E-state index < -0.39 is 0 Å². The third-order valence-corrected chi connectivity index (χ3v) is 2.46. The first-order chi connectivity index (χ1) is 7.20. The summed E-state index contributed by atoms with van der Waals surface area (Å²) in [4.78, 5) is 0. The van der Waals surface area contributed by atoms with Gasteiger partial charge in [-0.15, -0.1) is 0 Å². The van der Waals surface area contributed by atoms with Crippen molar-refractivity contribution < 1.29 is 9.50 Å². The summed E-state index contributed by atoms with van der Waals surface area (Å²) in [6.07, 6.45) is 1.92. The van der Waals surface area contributed by atoms with E-state index in [1.54, 1.807) is 6.07 Å². The van der Waals surface area contributed by atoms with E-state index in [0.29, 0.717) is 12.1 Å². The van der Waals surface area contributed by atoms with Gasteiger partial charge in [0, 0.05) is 25.4 Å². The molecule has 0 unspecified atom stereocenters. The van der Waals surface area contributed by atoms with Crippen LogP contribution in [-0.2, 0) is 6.61 Å². The summed E-state index contributed by atoms with van der Waals surface area (Å²) >= 11 is 0. The Hall–Kier alpha value is -1.39. The molecule has 0 fully saturated rings. The average Bonchev–Trinajstić information content (AvgIpc) is 2.65. The van der Waals surface area contributed by atoms with E-state index in [0.717, 1.165) is 11.1 Å². The van der Waals surface area contributed by atoms with Crippen molar-refractivity contribution in [1.29, 1.82) is 0 Å². The summed E-state index contributed by atoms with van der Waals surface area (Å²) in [5.74, 6) is -0.356. The van der Waals surface area contributed by atoms with Crippen molar-refractivity contribution in [2.45, 2.75) is 6.61 Å². The van der Waals surface area contributed by atoms with Gasteiger partial charge in [0.1, 0.15) is 5.82 Å². The molecule has 0 saturated carbocycles. The van der Waals surface area contributed by atoms with Gasteiger partial charge in [0.25, 0.3) is 0 Å². The Balaban J connectivity index is 2.30. The molecule has 0 aliphatic carbocycles. The van der Waals surface area contributed by atoms with E-state index in [2.05, 4.69) is 5.43 Å². The summed E-state index contributed by atoms with van der Waals surface area (Å²) in [7, 11) is 1.89. The Bertz CT molecular complexity index is 404. The third-order valence-electron chi connectivity index (χ3n) is 2.46. The molecule has 2 N–H and O–H groups in total. The Morgan fingerprint density at radius 2 is 2.33 bits per heavy atom. The number of aliphatic hydroxyl groups is 1. The molecular formula is C11H13FN2O. The first-order valence-corrected chi connectivity index (χ1v) is 4.77. The highest BCUT2D eigenvalue weighted by atomic mass is 19.1. The van der Waals surface area contributed by atoms with E-state index in [-0.39, 0.29) is 12.4 Å². The molecule has 0 radical (unpaired) electrons. The van der Waals surface area contributed by atoms with Crippen molar-refractivity contribution in [3.05, 3.63) is 41.3 Å². The number of nitrogens with one attached hydrogen (secondary N) is 1. The first kappa shape index (κ1) is 10.1. The van der Waals surface area contributed by atoms with Crippen LogP contribution < -0.4 is 5.43 Å². The number of rotatable bonds is 2. The number of aliphatic hydroxyl groups excluding tert-OH is 1. The van der Waals surface area contributed by atoms with Crippen LogP contribution in [0, 0.1) is 5.82 Å². The molecule has 80 valence electrons. The minimum Gasteiger partial charge on any atom is -0.392 e. The zero-order valence-electron chi connectivity index (χ0n) is 8.50. The smallest absolute Gasteiger partial charge is 0.129 e. The maximum absolute atomic E-state index is 13.4. The first-order valence-electron chi connectivity index (χ1n) is 4.77. The second-order valence-electron chi connectivity index (χ2n) is 3.56. The summed E-state index contributed by atoms with van der Waals surface area (Å²) < 4.78 is 13.4. The molecule has 1 heterocycles. The summed E-state index contributed by atoms with van der Waals surface area (Å²) in [5, 5.41) is 10.7. The average molecular weight is 208 g/mol. The van der Waals surface area contributed by atoms with Gasteiger partial charge in [-0.1, -0.05) is 12.1 Å². The van der Waals surface area contributed by atoms with Gasteiger partial charge in [-0.05, 0) is 17.2 Å². The number of nitrogens with zero attached hydrogens (tertiary/aromatic N) is 1. The molecule has 2 rings (SSSR count). The Kier molecular flexibility index (Phi) is 2.70. The van der Waals surface area contributed by atoms with Crippen molar-refractivity contribution in [2.24, 2.45) is 0 Å². The molecule has 1 aromatic carbocycles. The SMILES string of the molecule is CN1C=C(c2ccc(CO)c(F)c2)CN1. The predicted molar refractivity (Wildman–Crippen MR) is 56.1 cm³/mol. The highest BCUT2D eigenvalue weighted by molar-refractivity contribution is 5.68. The molecular weight excluding hydrogens is 195 g/mol. The van der Waals surface area contributed by atoms with Gasteiger partial charge < -0.3 is 10.1 Å². The Morgan fingerprint density at radius 3 is 2.87 bits per heavy atom. The van der Waals surface area contributed by atoms with Crippen LogP contribution in [0.3, 0.4) is 0 Å². The lowest BCUT2D eigenvalue weighted by Gasteiger charge is -2.04. The quantitative estimate of drug-likeness (QED) is 0.764. The molecule has 0 spiro atoms. The van der Waals surface area contributed by atoms with Crippen LogP contribution in [0.15, 0.2) is 24.4 Å². The van der Waals surface area contributed by atoms with Crippen molar-refractivity contribution >= 4 is 5.57 Å². The van der Waals surface area contributed by atoms with Crippen LogP contribution in [0.25, 0.3) is 5.57 Å². The Labute approximate surface area is 87.8 Å². The number of benzene rings is 1. The van der Waals surface area contributed by atoms with Gasteiger partial charge in [0.05, 0.1) is 6.61 Å².